The molecule has 0 amide bonds. The minimum atomic E-state index is 0.156. The van der Waals surface area contributed by atoms with Crippen LogP contribution in [0.15, 0.2) is 0 Å². The molecule has 0 rings (SSSR count). The Morgan fingerprint density at radius 2 is 1.10 bits per heavy atom. The van der Waals surface area contributed by atoms with Gasteiger partial charge in [-0.05, 0) is 17.8 Å². The van der Waals surface area contributed by atoms with Gasteiger partial charge < -0.3 is 0 Å². The van der Waals surface area contributed by atoms with Crippen LogP contribution in [-0.4, -0.2) is 11.8 Å². The minimum Gasteiger partial charge on any atom is -0.126 e. The van der Waals surface area contributed by atoms with Crippen molar-refractivity contribution in [2.24, 2.45) is 11.3 Å². The highest BCUT2D eigenvalue weighted by molar-refractivity contribution is 6.21. The second kappa shape index (κ2) is 13.3. The Bertz CT molecular complexity index is 198. The smallest absolute Gasteiger partial charge is 0.0293 e. The molecule has 0 saturated heterocycles. The Morgan fingerprint density at radius 3 is 1.45 bits per heavy atom. The van der Waals surface area contributed by atoms with Gasteiger partial charge in [0, 0.05) is 11.8 Å². The molecule has 0 fully saturated rings. The fourth-order valence-corrected chi connectivity index (χ4v) is 3.90. The van der Waals surface area contributed by atoms with Gasteiger partial charge in [0.15, 0.2) is 0 Å². The topological polar surface area (TPSA) is 0 Å². The van der Waals surface area contributed by atoms with E-state index in [2.05, 4.69) is 20.8 Å². The largest absolute Gasteiger partial charge is 0.126 e. The lowest BCUT2D eigenvalue weighted by Crippen LogP contribution is -2.31. The van der Waals surface area contributed by atoms with E-state index in [4.69, 9.17) is 23.2 Å². The van der Waals surface area contributed by atoms with E-state index in [1.165, 1.54) is 70.6 Å². The van der Waals surface area contributed by atoms with Crippen LogP contribution in [0.1, 0.15) is 91.4 Å². The number of rotatable bonds is 14. The Hall–Kier alpha value is 0.580. The van der Waals surface area contributed by atoms with E-state index in [9.17, 15) is 0 Å². The molecule has 0 aromatic carbocycles. The molecule has 0 nitrogen and oxygen atoms in total. The molecule has 20 heavy (non-hydrogen) atoms. The molecule has 0 unspecified atom stereocenters. The van der Waals surface area contributed by atoms with Crippen LogP contribution in [0.25, 0.3) is 0 Å². The molecule has 0 aromatic rings. The van der Waals surface area contributed by atoms with Crippen LogP contribution in [0.3, 0.4) is 0 Å². The van der Waals surface area contributed by atoms with Gasteiger partial charge in [0.2, 0.25) is 0 Å². The molecular weight excluding hydrogens is 287 g/mol. The van der Waals surface area contributed by atoms with E-state index < -0.39 is 0 Å². The summed E-state index contributed by atoms with van der Waals surface area (Å²) in [4.78, 5) is 0. The van der Waals surface area contributed by atoms with Gasteiger partial charge >= 0.3 is 0 Å². The van der Waals surface area contributed by atoms with Gasteiger partial charge in [-0.2, -0.15) is 0 Å². The van der Waals surface area contributed by atoms with E-state index in [0.717, 1.165) is 0 Å². The van der Waals surface area contributed by atoms with Crippen molar-refractivity contribution in [1.82, 2.24) is 0 Å². The minimum absolute atomic E-state index is 0.156. The number of hydrogen-bond donors (Lipinski definition) is 0. The molecule has 122 valence electrons. The predicted octanol–water partition coefficient (Wildman–Crippen LogP) is 7.42. The lowest BCUT2D eigenvalue weighted by atomic mass is 9.76. The standard InChI is InChI=1S/C18H36Cl2/c1-4-5-6-7-8-9-10-11-12-13-14-18(15-19,16-20)17(2)3/h17H,4-16H2,1-3H3. The van der Waals surface area contributed by atoms with Crippen molar-refractivity contribution in [3.05, 3.63) is 0 Å². The zero-order chi connectivity index (χ0) is 15.3. The monoisotopic (exact) mass is 322 g/mol. The molecule has 0 N–H and O–H groups in total. The first kappa shape index (κ1) is 20.6. The van der Waals surface area contributed by atoms with Crippen LogP contribution in [0.4, 0.5) is 0 Å². The SMILES string of the molecule is CCCCCCCCCCCCC(CCl)(CCl)C(C)C. The normalized spacial score (nSPS) is 12.3. The van der Waals surface area contributed by atoms with Crippen LogP contribution < -0.4 is 0 Å². The van der Waals surface area contributed by atoms with Crippen LogP contribution >= 0.6 is 23.2 Å². The Kier molecular flexibility index (Phi) is 13.6. The molecular formula is C18H36Cl2. The quantitative estimate of drug-likeness (QED) is 0.230. The van der Waals surface area contributed by atoms with Crippen LogP contribution in [0.5, 0.6) is 0 Å². The summed E-state index contributed by atoms with van der Waals surface area (Å²) in [6, 6.07) is 0. The molecule has 0 radical (unpaired) electrons. The molecule has 0 heterocycles. The maximum atomic E-state index is 6.16. The number of alkyl halides is 2. The third-order valence-electron chi connectivity index (χ3n) is 4.79. The molecule has 0 aromatic heterocycles. The maximum absolute atomic E-state index is 6.16. The molecule has 0 saturated carbocycles. The highest BCUT2D eigenvalue weighted by Gasteiger charge is 2.31. The molecule has 0 aliphatic rings. The lowest BCUT2D eigenvalue weighted by Gasteiger charge is -2.34. The molecule has 0 bridgehead atoms. The summed E-state index contributed by atoms with van der Waals surface area (Å²) in [5.74, 6) is 1.98. The molecule has 0 atom stereocenters. The summed E-state index contributed by atoms with van der Waals surface area (Å²) in [7, 11) is 0. The van der Waals surface area contributed by atoms with Gasteiger partial charge in [-0.3, -0.25) is 0 Å². The highest BCUT2D eigenvalue weighted by Crippen LogP contribution is 2.36. The van der Waals surface area contributed by atoms with Crippen molar-refractivity contribution >= 4 is 23.2 Å². The maximum Gasteiger partial charge on any atom is 0.0293 e. The number of hydrogen-bond acceptors (Lipinski definition) is 0. The van der Waals surface area contributed by atoms with Gasteiger partial charge in [-0.1, -0.05) is 85.0 Å². The molecule has 0 spiro atoms. The summed E-state index contributed by atoms with van der Waals surface area (Å²) in [5, 5.41) is 0. The Morgan fingerprint density at radius 1 is 0.700 bits per heavy atom. The zero-order valence-corrected chi connectivity index (χ0v) is 15.5. The van der Waals surface area contributed by atoms with E-state index >= 15 is 0 Å². The van der Waals surface area contributed by atoms with E-state index in [1.54, 1.807) is 0 Å². The predicted molar refractivity (Wildman–Crippen MR) is 95.2 cm³/mol. The average molecular weight is 323 g/mol. The van der Waals surface area contributed by atoms with Gasteiger partial charge in [0.05, 0.1) is 0 Å². The van der Waals surface area contributed by atoms with Gasteiger partial charge in [-0.25, -0.2) is 0 Å². The van der Waals surface area contributed by atoms with E-state index in [-0.39, 0.29) is 5.41 Å². The molecule has 2 heteroatoms. The van der Waals surface area contributed by atoms with Gasteiger partial charge in [0.1, 0.15) is 0 Å². The second-order valence-corrected chi connectivity index (χ2v) is 7.25. The van der Waals surface area contributed by atoms with Crippen LogP contribution in [-0.2, 0) is 0 Å². The summed E-state index contributed by atoms with van der Waals surface area (Å²) < 4.78 is 0. The highest BCUT2D eigenvalue weighted by atomic mass is 35.5. The van der Waals surface area contributed by atoms with Crippen LogP contribution in [0.2, 0.25) is 0 Å². The molecule has 0 aliphatic heterocycles. The van der Waals surface area contributed by atoms with Crippen molar-refractivity contribution < 1.29 is 0 Å². The molecule has 0 aliphatic carbocycles. The van der Waals surface area contributed by atoms with E-state index in [1.807, 2.05) is 0 Å². The average Bonchev–Trinajstić information content (AvgIpc) is 2.45. The first-order valence-electron chi connectivity index (χ1n) is 8.75. The van der Waals surface area contributed by atoms with Crippen molar-refractivity contribution in [2.75, 3.05) is 11.8 Å². The van der Waals surface area contributed by atoms with Gasteiger partial charge in [0.25, 0.3) is 0 Å². The number of halogens is 2. The lowest BCUT2D eigenvalue weighted by molar-refractivity contribution is 0.231. The van der Waals surface area contributed by atoms with Gasteiger partial charge in [-0.15, -0.1) is 23.2 Å². The number of unbranched alkanes of at least 4 members (excludes halogenated alkanes) is 9. The summed E-state index contributed by atoms with van der Waals surface area (Å²) in [6.45, 7) is 6.78. The first-order chi connectivity index (χ1) is 9.63. The van der Waals surface area contributed by atoms with Crippen molar-refractivity contribution in [3.63, 3.8) is 0 Å². The summed E-state index contributed by atoms with van der Waals surface area (Å²) in [5.41, 5.74) is 0.156. The fourth-order valence-electron chi connectivity index (χ4n) is 2.73. The first-order valence-corrected chi connectivity index (χ1v) is 9.81. The second-order valence-electron chi connectivity index (χ2n) is 6.72. The third kappa shape index (κ3) is 8.78. The zero-order valence-electron chi connectivity index (χ0n) is 14.0. The summed E-state index contributed by atoms with van der Waals surface area (Å²) in [6.07, 6.45) is 15.1. The summed E-state index contributed by atoms with van der Waals surface area (Å²) >= 11 is 12.3. The third-order valence-corrected chi connectivity index (χ3v) is 5.85. The van der Waals surface area contributed by atoms with E-state index in [0.29, 0.717) is 17.7 Å². The van der Waals surface area contributed by atoms with Crippen LogP contribution in [0, 0.1) is 11.3 Å². The van der Waals surface area contributed by atoms with Crippen molar-refractivity contribution in [2.45, 2.75) is 91.4 Å². The fraction of sp³-hybridized carbons (Fsp3) is 1.00. The van der Waals surface area contributed by atoms with Crippen molar-refractivity contribution in [3.8, 4) is 0 Å². The Labute approximate surface area is 138 Å². The van der Waals surface area contributed by atoms with Crippen molar-refractivity contribution in [1.29, 1.82) is 0 Å². The Balaban J connectivity index is 3.51.